The summed E-state index contributed by atoms with van der Waals surface area (Å²) in [5.41, 5.74) is 2.88. The molecular weight excluding hydrogens is 256 g/mol. The van der Waals surface area contributed by atoms with Crippen molar-refractivity contribution in [3.05, 3.63) is 53.9 Å². The van der Waals surface area contributed by atoms with E-state index in [1.807, 2.05) is 24.3 Å². The third-order valence-corrected chi connectivity index (χ3v) is 2.85. The summed E-state index contributed by atoms with van der Waals surface area (Å²) < 4.78 is 5.09. The number of pyridine rings is 1. The van der Waals surface area contributed by atoms with Gasteiger partial charge in [0, 0.05) is 12.8 Å². The lowest BCUT2D eigenvalue weighted by molar-refractivity contribution is 0.0690. The number of carbonyl (C=O) groups is 1. The Morgan fingerprint density at radius 1 is 1.30 bits per heavy atom. The second kappa shape index (κ2) is 6.68. The van der Waals surface area contributed by atoms with E-state index in [9.17, 15) is 4.79 Å². The van der Waals surface area contributed by atoms with Gasteiger partial charge < -0.3 is 15.2 Å². The van der Waals surface area contributed by atoms with Crippen molar-refractivity contribution in [3.8, 4) is 0 Å². The number of carboxylic acids is 1. The summed E-state index contributed by atoms with van der Waals surface area (Å²) in [6.07, 6.45) is 2.32. The summed E-state index contributed by atoms with van der Waals surface area (Å²) in [5, 5.41) is 12.0. The van der Waals surface area contributed by atoms with Crippen LogP contribution < -0.4 is 5.32 Å². The third-order valence-electron chi connectivity index (χ3n) is 2.85. The van der Waals surface area contributed by atoms with Gasteiger partial charge in [-0.2, -0.15) is 0 Å². The summed E-state index contributed by atoms with van der Waals surface area (Å²) in [4.78, 5) is 14.6. The molecule has 2 rings (SSSR count). The maximum Gasteiger partial charge on any atom is 0.354 e. The van der Waals surface area contributed by atoms with Crippen LogP contribution in [0.5, 0.6) is 0 Å². The molecule has 20 heavy (non-hydrogen) atoms. The molecule has 0 radical (unpaired) electrons. The number of aromatic carboxylic acids is 1. The molecule has 1 aromatic carbocycles. The fourth-order valence-electron chi connectivity index (χ4n) is 1.82. The topological polar surface area (TPSA) is 71.5 Å². The van der Waals surface area contributed by atoms with Crippen molar-refractivity contribution in [2.45, 2.75) is 6.42 Å². The normalized spacial score (nSPS) is 10.2. The summed E-state index contributed by atoms with van der Waals surface area (Å²) in [6, 6.07) is 11.1. The Hall–Kier alpha value is -2.40. The minimum atomic E-state index is -1.03. The Morgan fingerprint density at radius 3 is 2.75 bits per heavy atom. The molecule has 0 aliphatic rings. The summed E-state index contributed by atoms with van der Waals surface area (Å²) in [6.45, 7) is 0.648. The molecule has 5 nitrogen and oxygen atoms in total. The van der Waals surface area contributed by atoms with E-state index in [1.165, 1.54) is 12.3 Å². The highest BCUT2D eigenvalue weighted by Crippen LogP contribution is 2.21. The van der Waals surface area contributed by atoms with Gasteiger partial charge in [0.05, 0.1) is 18.5 Å². The maximum atomic E-state index is 10.7. The van der Waals surface area contributed by atoms with Crippen LogP contribution in [-0.4, -0.2) is 29.8 Å². The Morgan fingerprint density at radius 2 is 2.10 bits per heavy atom. The first-order chi connectivity index (χ1) is 9.70. The Balaban J connectivity index is 2.14. The smallest absolute Gasteiger partial charge is 0.354 e. The number of para-hydroxylation sites is 1. The molecule has 0 aliphatic heterocycles. The molecule has 104 valence electrons. The number of rotatable bonds is 6. The second-order valence-corrected chi connectivity index (χ2v) is 4.26. The Labute approximate surface area is 117 Å². The van der Waals surface area contributed by atoms with Gasteiger partial charge in [-0.15, -0.1) is 0 Å². The van der Waals surface area contributed by atoms with E-state index >= 15 is 0 Å². The van der Waals surface area contributed by atoms with Crippen molar-refractivity contribution in [2.75, 3.05) is 19.0 Å². The van der Waals surface area contributed by atoms with E-state index in [2.05, 4.69) is 10.3 Å². The van der Waals surface area contributed by atoms with Gasteiger partial charge in [-0.05, 0) is 30.2 Å². The first kappa shape index (κ1) is 14.0. The zero-order valence-electron chi connectivity index (χ0n) is 11.2. The Kier molecular flexibility index (Phi) is 4.68. The van der Waals surface area contributed by atoms with Crippen molar-refractivity contribution >= 4 is 17.3 Å². The number of anilines is 2. The van der Waals surface area contributed by atoms with E-state index in [4.69, 9.17) is 9.84 Å². The summed E-state index contributed by atoms with van der Waals surface area (Å²) >= 11 is 0. The monoisotopic (exact) mass is 272 g/mol. The zero-order chi connectivity index (χ0) is 14.4. The van der Waals surface area contributed by atoms with Crippen LogP contribution in [0.2, 0.25) is 0 Å². The van der Waals surface area contributed by atoms with Crippen LogP contribution in [0.4, 0.5) is 11.4 Å². The lowest BCUT2D eigenvalue weighted by atomic mass is 10.1. The first-order valence-corrected chi connectivity index (χ1v) is 6.24. The van der Waals surface area contributed by atoms with Gasteiger partial charge in [0.1, 0.15) is 5.69 Å². The highest BCUT2D eigenvalue weighted by molar-refractivity contribution is 5.85. The number of carboxylic acid groups (broad SMARTS) is 1. The number of hydrogen-bond acceptors (Lipinski definition) is 4. The second-order valence-electron chi connectivity index (χ2n) is 4.26. The van der Waals surface area contributed by atoms with Gasteiger partial charge in [0.2, 0.25) is 0 Å². The molecule has 1 aromatic heterocycles. The molecule has 0 amide bonds. The van der Waals surface area contributed by atoms with E-state index in [-0.39, 0.29) is 5.69 Å². The lowest BCUT2D eigenvalue weighted by Crippen LogP contribution is -2.02. The average molecular weight is 272 g/mol. The average Bonchev–Trinajstić information content (AvgIpc) is 2.47. The Bertz CT molecular complexity index is 582. The predicted molar refractivity (Wildman–Crippen MR) is 76.5 cm³/mol. The summed E-state index contributed by atoms with van der Waals surface area (Å²) in [7, 11) is 1.67. The SMILES string of the molecule is COCCc1ccccc1Nc1ccc(C(=O)O)nc1. The molecule has 0 bridgehead atoms. The molecule has 0 atom stereocenters. The largest absolute Gasteiger partial charge is 0.477 e. The van der Waals surface area contributed by atoms with E-state index in [1.54, 1.807) is 13.2 Å². The van der Waals surface area contributed by atoms with Crippen LogP contribution in [0.1, 0.15) is 16.1 Å². The van der Waals surface area contributed by atoms with Crippen LogP contribution in [0.25, 0.3) is 0 Å². The highest BCUT2D eigenvalue weighted by Gasteiger charge is 2.05. The van der Waals surface area contributed by atoms with Crippen molar-refractivity contribution < 1.29 is 14.6 Å². The fraction of sp³-hybridized carbons (Fsp3) is 0.200. The van der Waals surface area contributed by atoms with E-state index < -0.39 is 5.97 Å². The van der Waals surface area contributed by atoms with E-state index in [0.29, 0.717) is 6.61 Å². The van der Waals surface area contributed by atoms with Crippen molar-refractivity contribution in [1.82, 2.24) is 4.98 Å². The minimum Gasteiger partial charge on any atom is -0.477 e. The van der Waals surface area contributed by atoms with Crippen molar-refractivity contribution in [3.63, 3.8) is 0 Å². The van der Waals surface area contributed by atoms with Gasteiger partial charge in [-0.25, -0.2) is 9.78 Å². The minimum absolute atomic E-state index is 0.0308. The number of benzene rings is 1. The van der Waals surface area contributed by atoms with Gasteiger partial charge in [-0.3, -0.25) is 0 Å². The molecule has 0 saturated heterocycles. The van der Waals surface area contributed by atoms with Gasteiger partial charge in [0.15, 0.2) is 0 Å². The molecule has 5 heteroatoms. The van der Waals surface area contributed by atoms with Crippen LogP contribution in [0.3, 0.4) is 0 Å². The molecule has 1 heterocycles. The fourth-order valence-corrected chi connectivity index (χ4v) is 1.82. The number of ether oxygens (including phenoxy) is 1. The molecule has 0 saturated carbocycles. The van der Waals surface area contributed by atoms with Crippen LogP contribution in [0, 0.1) is 0 Å². The number of nitrogens with zero attached hydrogens (tertiary/aromatic N) is 1. The molecule has 0 fully saturated rings. The predicted octanol–water partition coefficient (Wildman–Crippen LogP) is 2.71. The van der Waals surface area contributed by atoms with Crippen molar-refractivity contribution in [1.29, 1.82) is 0 Å². The van der Waals surface area contributed by atoms with E-state index in [0.717, 1.165) is 23.4 Å². The molecule has 0 unspecified atom stereocenters. The number of methoxy groups -OCH3 is 1. The molecule has 0 spiro atoms. The van der Waals surface area contributed by atoms with Crippen LogP contribution in [0.15, 0.2) is 42.6 Å². The van der Waals surface area contributed by atoms with Crippen LogP contribution >= 0.6 is 0 Å². The molecule has 2 aromatic rings. The van der Waals surface area contributed by atoms with Crippen molar-refractivity contribution in [2.24, 2.45) is 0 Å². The molecule has 2 N–H and O–H groups in total. The maximum absolute atomic E-state index is 10.7. The van der Waals surface area contributed by atoms with Gasteiger partial charge in [0.25, 0.3) is 0 Å². The number of aromatic nitrogens is 1. The first-order valence-electron chi connectivity index (χ1n) is 6.24. The van der Waals surface area contributed by atoms with Gasteiger partial charge in [-0.1, -0.05) is 18.2 Å². The van der Waals surface area contributed by atoms with Crippen LogP contribution in [-0.2, 0) is 11.2 Å². The standard InChI is InChI=1S/C15H16N2O3/c1-20-9-8-11-4-2-3-5-13(11)17-12-6-7-14(15(18)19)16-10-12/h2-7,10,17H,8-9H2,1H3,(H,18,19). The molecule has 0 aliphatic carbocycles. The number of hydrogen-bond donors (Lipinski definition) is 2. The number of nitrogens with one attached hydrogen (secondary N) is 1. The van der Waals surface area contributed by atoms with Gasteiger partial charge >= 0.3 is 5.97 Å². The third kappa shape index (κ3) is 3.55. The quantitative estimate of drug-likeness (QED) is 0.846. The lowest BCUT2D eigenvalue weighted by Gasteiger charge is -2.11. The summed E-state index contributed by atoms with van der Waals surface area (Å²) in [5.74, 6) is -1.03. The molecular formula is C15H16N2O3. The zero-order valence-corrected chi connectivity index (χ0v) is 11.2. The highest BCUT2D eigenvalue weighted by atomic mass is 16.5.